The first kappa shape index (κ1) is 20.3. The maximum atomic E-state index is 12.4. The number of nitrogens with one attached hydrogen (secondary N) is 2. The Bertz CT molecular complexity index is 634. The van der Waals surface area contributed by atoms with E-state index in [1.54, 1.807) is 0 Å². The molecule has 2 unspecified atom stereocenters. The Kier molecular flexibility index (Phi) is 5.99. The predicted octanol–water partition coefficient (Wildman–Crippen LogP) is 3.86. The molecule has 1 heterocycles. The van der Waals surface area contributed by atoms with Gasteiger partial charge in [0.2, 0.25) is 5.91 Å². The molecule has 1 fully saturated rings. The van der Waals surface area contributed by atoms with Crippen LogP contribution in [0.15, 0.2) is 30.3 Å². The molecule has 1 aromatic carbocycles. The third-order valence-electron chi connectivity index (χ3n) is 4.67. The second-order valence-corrected chi connectivity index (χ2v) is 9.25. The Morgan fingerprint density at radius 2 is 1.81 bits per heavy atom. The van der Waals surface area contributed by atoms with E-state index >= 15 is 0 Å². The van der Waals surface area contributed by atoms with Crippen molar-refractivity contribution in [1.29, 1.82) is 0 Å². The first-order valence-electron chi connectivity index (χ1n) is 9.40. The summed E-state index contributed by atoms with van der Waals surface area (Å²) in [5.41, 5.74) is 0.932. The van der Waals surface area contributed by atoms with Crippen molar-refractivity contribution in [2.75, 3.05) is 6.54 Å². The Balaban J connectivity index is 1.91. The van der Waals surface area contributed by atoms with Gasteiger partial charge in [-0.3, -0.25) is 4.79 Å². The molecule has 0 spiro atoms. The molecule has 0 aliphatic carbocycles. The van der Waals surface area contributed by atoms with Crippen LogP contribution in [0, 0.1) is 5.41 Å². The molecule has 2 N–H and O–H groups in total. The maximum absolute atomic E-state index is 12.4. The first-order chi connectivity index (χ1) is 12.0. The van der Waals surface area contributed by atoms with Crippen molar-refractivity contribution in [3.8, 4) is 0 Å². The van der Waals surface area contributed by atoms with Crippen molar-refractivity contribution in [1.82, 2.24) is 15.5 Å². The third kappa shape index (κ3) is 5.75. The van der Waals surface area contributed by atoms with E-state index in [1.165, 1.54) is 0 Å². The van der Waals surface area contributed by atoms with Crippen molar-refractivity contribution >= 4 is 11.9 Å². The van der Waals surface area contributed by atoms with E-state index in [9.17, 15) is 9.59 Å². The average Bonchev–Trinajstić information content (AvgIpc) is 2.84. The molecule has 0 saturated carbocycles. The van der Waals surface area contributed by atoms with Gasteiger partial charge in [0.05, 0.1) is 12.1 Å². The summed E-state index contributed by atoms with van der Waals surface area (Å²) in [6, 6.07) is 9.64. The molecule has 144 valence electrons. The number of likely N-dealkylation sites (tertiary alicyclic amines) is 1. The van der Waals surface area contributed by atoms with Crippen LogP contribution < -0.4 is 10.6 Å². The molecule has 5 nitrogen and oxygen atoms in total. The fourth-order valence-electron chi connectivity index (χ4n) is 4.01. The van der Waals surface area contributed by atoms with Crippen molar-refractivity contribution in [3.05, 3.63) is 35.9 Å². The minimum atomic E-state index is -0.304. The number of urea groups is 1. The number of rotatable bonds is 5. The number of carbonyl (C=O) groups is 2. The quantitative estimate of drug-likeness (QED) is 0.838. The van der Waals surface area contributed by atoms with E-state index in [2.05, 4.69) is 31.4 Å². The van der Waals surface area contributed by atoms with Gasteiger partial charge in [0.15, 0.2) is 0 Å². The molecule has 0 aromatic heterocycles. The largest absolute Gasteiger partial charge is 0.334 e. The van der Waals surface area contributed by atoms with Gasteiger partial charge in [0, 0.05) is 18.5 Å². The Labute approximate surface area is 157 Å². The van der Waals surface area contributed by atoms with E-state index < -0.39 is 0 Å². The molecular weight excluding hydrogens is 326 g/mol. The van der Waals surface area contributed by atoms with Crippen LogP contribution >= 0.6 is 0 Å². The maximum Gasteiger partial charge on any atom is 0.315 e. The van der Waals surface area contributed by atoms with E-state index in [0.29, 0.717) is 13.0 Å². The number of hydrogen-bond donors (Lipinski definition) is 2. The highest BCUT2D eigenvalue weighted by molar-refractivity contribution is 5.82. The Hall–Kier alpha value is -2.04. The monoisotopic (exact) mass is 359 g/mol. The standard InChI is InChI=1S/C21H33N3O2/c1-15(16-10-8-7-9-11-16)24-13-17(12-18(24)25)22-19(26)23-21(5,6)14-20(2,3)4/h7-11,15,17H,12-14H2,1-6H3,(H2,22,23,26). The summed E-state index contributed by atoms with van der Waals surface area (Å²) in [5, 5.41) is 6.03. The molecule has 1 saturated heterocycles. The summed E-state index contributed by atoms with van der Waals surface area (Å²) in [4.78, 5) is 26.7. The van der Waals surface area contributed by atoms with Gasteiger partial charge in [-0.25, -0.2) is 4.79 Å². The lowest BCUT2D eigenvalue weighted by Gasteiger charge is -2.33. The highest BCUT2D eigenvalue weighted by Gasteiger charge is 2.35. The summed E-state index contributed by atoms with van der Waals surface area (Å²) in [6.07, 6.45) is 1.22. The van der Waals surface area contributed by atoms with E-state index in [1.807, 2.05) is 56.0 Å². The van der Waals surface area contributed by atoms with Crippen molar-refractivity contribution in [3.63, 3.8) is 0 Å². The van der Waals surface area contributed by atoms with Crippen molar-refractivity contribution in [2.45, 2.75) is 72.0 Å². The van der Waals surface area contributed by atoms with Gasteiger partial charge in [-0.05, 0) is 38.2 Å². The summed E-state index contributed by atoms with van der Waals surface area (Å²) >= 11 is 0. The van der Waals surface area contributed by atoms with Gasteiger partial charge >= 0.3 is 6.03 Å². The topological polar surface area (TPSA) is 61.4 Å². The van der Waals surface area contributed by atoms with Crippen molar-refractivity contribution < 1.29 is 9.59 Å². The molecule has 0 radical (unpaired) electrons. The summed E-state index contributed by atoms with van der Waals surface area (Å²) < 4.78 is 0. The zero-order chi connectivity index (χ0) is 19.5. The number of benzene rings is 1. The lowest BCUT2D eigenvalue weighted by atomic mass is 9.82. The molecule has 2 rings (SSSR count). The van der Waals surface area contributed by atoms with Gasteiger partial charge in [-0.15, -0.1) is 0 Å². The number of nitrogens with zero attached hydrogens (tertiary/aromatic N) is 1. The molecule has 26 heavy (non-hydrogen) atoms. The minimum absolute atomic E-state index is 0.0101. The van der Waals surface area contributed by atoms with Gasteiger partial charge in [-0.1, -0.05) is 51.1 Å². The fraction of sp³-hybridized carbons (Fsp3) is 0.619. The molecule has 1 aliphatic heterocycles. The summed E-state index contributed by atoms with van der Waals surface area (Å²) in [6.45, 7) is 13.1. The van der Waals surface area contributed by atoms with Gasteiger partial charge in [0.1, 0.15) is 0 Å². The van der Waals surface area contributed by atoms with Gasteiger partial charge in [0.25, 0.3) is 0 Å². The van der Waals surface area contributed by atoms with Crippen LogP contribution in [-0.2, 0) is 4.79 Å². The van der Waals surface area contributed by atoms with Crippen LogP contribution in [0.5, 0.6) is 0 Å². The molecule has 1 aliphatic rings. The summed E-state index contributed by atoms with van der Waals surface area (Å²) in [7, 11) is 0. The lowest BCUT2D eigenvalue weighted by molar-refractivity contribution is -0.129. The number of amides is 3. The second-order valence-electron chi connectivity index (χ2n) is 9.25. The van der Waals surface area contributed by atoms with Crippen LogP contribution in [0.3, 0.4) is 0 Å². The van der Waals surface area contributed by atoms with Gasteiger partial charge in [-0.2, -0.15) is 0 Å². The number of carbonyl (C=O) groups excluding carboxylic acids is 2. The highest BCUT2D eigenvalue weighted by atomic mass is 16.2. The van der Waals surface area contributed by atoms with E-state index in [4.69, 9.17) is 0 Å². The predicted molar refractivity (Wildman–Crippen MR) is 105 cm³/mol. The number of hydrogen-bond acceptors (Lipinski definition) is 2. The fourth-order valence-corrected chi connectivity index (χ4v) is 4.01. The van der Waals surface area contributed by atoms with Crippen LogP contribution in [0.25, 0.3) is 0 Å². The summed E-state index contributed by atoms with van der Waals surface area (Å²) in [5.74, 6) is 0.0839. The zero-order valence-corrected chi connectivity index (χ0v) is 16.9. The van der Waals surface area contributed by atoms with Crippen LogP contribution in [0.4, 0.5) is 4.79 Å². The van der Waals surface area contributed by atoms with Crippen LogP contribution in [0.2, 0.25) is 0 Å². The first-order valence-corrected chi connectivity index (χ1v) is 9.40. The zero-order valence-electron chi connectivity index (χ0n) is 16.9. The molecule has 1 aromatic rings. The SMILES string of the molecule is CC(c1ccccc1)N1CC(NC(=O)NC(C)(C)CC(C)(C)C)CC1=O. The normalized spacial score (nSPS) is 19.4. The molecule has 5 heteroatoms. The van der Waals surface area contributed by atoms with Crippen LogP contribution in [0.1, 0.15) is 66.0 Å². The highest BCUT2D eigenvalue weighted by Crippen LogP contribution is 2.27. The van der Waals surface area contributed by atoms with Gasteiger partial charge < -0.3 is 15.5 Å². The molecule has 3 amide bonds. The third-order valence-corrected chi connectivity index (χ3v) is 4.67. The second kappa shape index (κ2) is 7.68. The smallest absolute Gasteiger partial charge is 0.315 e. The minimum Gasteiger partial charge on any atom is -0.334 e. The average molecular weight is 360 g/mol. The Morgan fingerprint density at radius 1 is 1.19 bits per heavy atom. The molecule has 0 bridgehead atoms. The Morgan fingerprint density at radius 3 is 2.38 bits per heavy atom. The van der Waals surface area contributed by atoms with Crippen LogP contribution in [-0.4, -0.2) is 35.0 Å². The van der Waals surface area contributed by atoms with Crippen molar-refractivity contribution in [2.24, 2.45) is 5.41 Å². The molecule has 2 atom stereocenters. The van der Waals surface area contributed by atoms with E-state index in [0.717, 1.165) is 12.0 Å². The van der Waals surface area contributed by atoms with E-state index in [-0.39, 0.29) is 35.0 Å². The lowest BCUT2D eigenvalue weighted by Crippen LogP contribution is -2.52. The molecular formula is C21H33N3O2.